The smallest absolute Gasteiger partial charge is 0.240 e. The number of nitrogens with one attached hydrogen (secondary N) is 1. The summed E-state index contributed by atoms with van der Waals surface area (Å²) in [5, 5.41) is 7.61. The van der Waals surface area contributed by atoms with Crippen LogP contribution in [0.2, 0.25) is 0 Å². The van der Waals surface area contributed by atoms with Crippen LogP contribution in [-0.2, 0) is 6.54 Å². The molecule has 0 radical (unpaired) electrons. The fourth-order valence-electron chi connectivity index (χ4n) is 3.33. The monoisotopic (exact) mass is 277 g/mol. The van der Waals surface area contributed by atoms with Crippen molar-refractivity contribution < 1.29 is 4.52 Å². The van der Waals surface area contributed by atoms with Crippen LogP contribution in [0, 0.1) is 11.8 Å². The lowest BCUT2D eigenvalue weighted by molar-refractivity contribution is 0.294. The third-order valence-electron chi connectivity index (χ3n) is 4.80. The molecule has 0 saturated heterocycles. The maximum absolute atomic E-state index is 5.37. The van der Waals surface area contributed by atoms with Crippen LogP contribution in [0.1, 0.15) is 75.9 Å². The standard InChI is InChI=1S/C16H27N3O/c1-2-3-12-6-8-14(9-7-12)16-18-15(20-19-16)11-17-10-13-4-5-13/h12-14,17H,2-11H2,1H3. The molecule has 2 saturated carbocycles. The van der Waals surface area contributed by atoms with Gasteiger partial charge in [0.1, 0.15) is 0 Å². The molecule has 1 aromatic heterocycles. The third-order valence-corrected chi connectivity index (χ3v) is 4.80. The first-order valence-corrected chi connectivity index (χ1v) is 8.38. The zero-order valence-corrected chi connectivity index (χ0v) is 12.6. The van der Waals surface area contributed by atoms with Gasteiger partial charge < -0.3 is 9.84 Å². The average molecular weight is 277 g/mol. The lowest BCUT2D eigenvalue weighted by Crippen LogP contribution is -2.17. The van der Waals surface area contributed by atoms with Crippen LogP contribution in [0.5, 0.6) is 0 Å². The SMILES string of the molecule is CCCC1CCC(c2noc(CNCC3CC3)n2)CC1. The van der Waals surface area contributed by atoms with Crippen LogP contribution in [0.3, 0.4) is 0 Å². The Kier molecular flexibility index (Phi) is 4.71. The number of nitrogens with zero attached hydrogens (tertiary/aromatic N) is 2. The number of aromatic nitrogens is 2. The Bertz CT molecular complexity index is 406. The number of rotatable bonds is 7. The first-order chi connectivity index (χ1) is 9.85. The van der Waals surface area contributed by atoms with E-state index in [1.165, 1.54) is 51.4 Å². The Labute approximate surface area is 121 Å². The van der Waals surface area contributed by atoms with E-state index in [4.69, 9.17) is 4.52 Å². The molecule has 1 N–H and O–H groups in total. The highest BCUT2D eigenvalue weighted by Gasteiger charge is 2.25. The minimum absolute atomic E-state index is 0.532. The topological polar surface area (TPSA) is 51.0 Å². The Hall–Kier alpha value is -0.900. The van der Waals surface area contributed by atoms with Gasteiger partial charge in [0.05, 0.1) is 6.54 Å². The van der Waals surface area contributed by atoms with Gasteiger partial charge in [-0.15, -0.1) is 0 Å². The Morgan fingerprint density at radius 3 is 2.55 bits per heavy atom. The van der Waals surface area contributed by atoms with Gasteiger partial charge in [-0.25, -0.2) is 0 Å². The van der Waals surface area contributed by atoms with E-state index >= 15 is 0 Å². The zero-order valence-electron chi connectivity index (χ0n) is 12.6. The van der Waals surface area contributed by atoms with Crippen LogP contribution in [0.15, 0.2) is 4.52 Å². The molecule has 0 bridgehead atoms. The van der Waals surface area contributed by atoms with Gasteiger partial charge in [0.25, 0.3) is 0 Å². The normalized spacial score (nSPS) is 26.9. The summed E-state index contributed by atoms with van der Waals surface area (Å²) < 4.78 is 5.37. The largest absolute Gasteiger partial charge is 0.338 e. The summed E-state index contributed by atoms with van der Waals surface area (Å²) in [5.74, 6) is 4.07. The van der Waals surface area contributed by atoms with Crippen LogP contribution in [0.25, 0.3) is 0 Å². The molecule has 0 aliphatic heterocycles. The summed E-state index contributed by atoms with van der Waals surface area (Å²) in [6, 6.07) is 0. The number of hydrogen-bond donors (Lipinski definition) is 1. The van der Waals surface area contributed by atoms with E-state index in [-0.39, 0.29) is 0 Å². The Morgan fingerprint density at radius 1 is 1.10 bits per heavy atom. The van der Waals surface area contributed by atoms with Crippen molar-refractivity contribution in [3.63, 3.8) is 0 Å². The van der Waals surface area contributed by atoms with E-state index in [2.05, 4.69) is 22.4 Å². The molecule has 4 heteroatoms. The summed E-state index contributed by atoms with van der Waals surface area (Å²) >= 11 is 0. The highest BCUT2D eigenvalue weighted by Crippen LogP contribution is 2.36. The third kappa shape index (κ3) is 3.81. The van der Waals surface area contributed by atoms with Crippen LogP contribution < -0.4 is 5.32 Å². The van der Waals surface area contributed by atoms with Gasteiger partial charge in [0, 0.05) is 5.92 Å². The molecule has 20 heavy (non-hydrogen) atoms. The van der Waals surface area contributed by atoms with Crippen molar-refractivity contribution in [2.24, 2.45) is 11.8 Å². The molecule has 0 atom stereocenters. The second-order valence-corrected chi connectivity index (χ2v) is 6.63. The minimum atomic E-state index is 0.532. The molecule has 0 aromatic carbocycles. The maximum atomic E-state index is 5.37. The van der Waals surface area contributed by atoms with Crippen LogP contribution >= 0.6 is 0 Å². The van der Waals surface area contributed by atoms with Crippen LogP contribution in [0.4, 0.5) is 0 Å². The minimum Gasteiger partial charge on any atom is -0.338 e. The van der Waals surface area contributed by atoms with Crippen molar-refractivity contribution in [3.8, 4) is 0 Å². The highest BCUT2D eigenvalue weighted by atomic mass is 16.5. The van der Waals surface area contributed by atoms with Crippen molar-refractivity contribution >= 4 is 0 Å². The van der Waals surface area contributed by atoms with Gasteiger partial charge in [-0.2, -0.15) is 4.98 Å². The Morgan fingerprint density at radius 2 is 1.85 bits per heavy atom. The van der Waals surface area contributed by atoms with Gasteiger partial charge in [0.2, 0.25) is 5.89 Å². The van der Waals surface area contributed by atoms with Crippen molar-refractivity contribution in [1.82, 2.24) is 15.5 Å². The molecule has 3 rings (SSSR count). The lowest BCUT2D eigenvalue weighted by Gasteiger charge is -2.26. The second kappa shape index (κ2) is 6.70. The van der Waals surface area contributed by atoms with E-state index in [0.717, 1.165) is 36.6 Å². The summed E-state index contributed by atoms with van der Waals surface area (Å²) in [7, 11) is 0. The first-order valence-electron chi connectivity index (χ1n) is 8.38. The fraction of sp³-hybridized carbons (Fsp3) is 0.875. The molecule has 2 fully saturated rings. The first kappa shape index (κ1) is 14.1. The summed E-state index contributed by atoms with van der Waals surface area (Å²) in [6.45, 7) is 4.11. The quantitative estimate of drug-likeness (QED) is 0.826. The predicted octanol–water partition coefficient (Wildman–Crippen LogP) is 3.64. The molecule has 1 heterocycles. The molecule has 112 valence electrons. The number of hydrogen-bond acceptors (Lipinski definition) is 4. The average Bonchev–Trinajstić information content (AvgIpc) is 3.17. The van der Waals surface area contributed by atoms with Gasteiger partial charge in [-0.1, -0.05) is 24.9 Å². The second-order valence-electron chi connectivity index (χ2n) is 6.63. The summed E-state index contributed by atoms with van der Waals surface area (Å²) in [5.41, 5.74) is 0. The van der Waals surface area contributed by atoms with Crippen molar-refractivity contribution in [1.29, 1.82) is 0 Å². The molecule has 4 nitrogen and oxygen atoms in total. The van der Waals surface area contributed by atoms with Crippen molar-refractivity contribution in [2.45, 2.75) is 70.8 Å². The van der Waals surface area contributed by atoms with Gasteiger partial charge in [-0.05, 0) is 56.9 Å². The van der Waals surface area contributed by atoms with Crippen molar-refractivity contribution in [3.05, 3.63) is 11.7 Å². The van der Waals surface area contributed by atoms with Gasteiger partial charge in [0.15, 0.2) is 5.82 Å². The van der Waals surface area contributed by atoms with E-state index in [9.17, 15) is 0 Å². The summed E-state index contributed by atoms with van der Waals surface area (Å²) in [4.78, 5) is 4.58. The van der Waals surface area contributed by atoms with E-state index < -0.39 is 0 Å². The molecule has 1 aromatic rings. The zero-order chi connectivity index (χ0) is 13.8. The Balaban J connectivity index is 1.44. The lowest BCUT2D eigenvalue weighted by atomic mass is 9.80. The fourth-order valence-corrected chi connectivity index (χ4v) is 3.33. The van der Waals surface area contributed by atoms with Gasteiger partial charge in [-0.3, -0.25) is 0 Å². The molecular formula is C16H27N3O. The molecular weight excluding hydrogens is 250 g/mol. The maximum Gasteiger partial charge on any atom is 0.240 e. The molecule has 2 aliphatic rings. The van der Waals surface area contributed by atoms with Gasteiger partial charge >= 0.3 is 0 Å². The highest BCUT2D eigenvalue weighted by molar-refractivity contribution is 4.97. The molecule has 0 amide bonds. The van der Waals surface area contributed by atoms with Crippen LogP contribution in [-0.4, -0.2) is 16.7 Å². The van der Waals surface area contributed by atoms with E-state index in [1.807, 2.05) is 0 Å². The molecule has 0 spiro atoms. The van der Waals surface area contributed by atoms with E-state index in [1.54, 1.807) is 0 Å². The van der Waals surface area contributed by atoms with Crippen molar-refractivity contribution in [2.75, 3.05) is 6.54 Å². The summed E-state index contributed by atoms with van der Waals surface area (Å²) in [6.07, 6.45) is 10.6. The van der Waals surface area contributed by atoms with E-state index in [0.29, 0.717) is 5.92 Å². The molecule has 0 unspecified atom stereocenters. The predicted molar refractivity (Wildman–Crippen MR) is 78.3 cm³/mol. The molecule has 2 aliphatic carbocycles.